The van der Waals surface area contributed by atoms with E-state index in [2.05, 4.69) is 10.6 Å². The summed E-state index contributed by atoms with van der Waals surface area (Å²) in [6.07, 6.45) is 10.4. The van der Waals surface area contributed by atoms with Crippen molar-refractivity contribution in [1.29, 1.82) is 0 Å². The molecule has 3 fully saturated rings. The van der Waals surface area contributed by atoms with Gasteiger partial charge in [-0.2, -0.15) is 0 Å². The molecule has 0 heterocycles. The minimum atomic E-state index is -0.0169. The van der Waals surface area contributed by atoms with Crippen molar-refractivity contribution in [3.8, 4) is 0 Å². The fourth-order valence-corrected chi connectivity index (χ4v) is 3.33. The molecular weight excluding hydrogens is 224 g/mol. The number of hydrogen-bond acceptors (Lipinski definition) is 2. The van der Waals surface area contributed by atoms with Crippen molar-refractivity contribution in [3.05, 3.63) is 0 Å². The van der Waals surface area contributed by atoms with Gasteiger partial charge >= 0.3 is 0 Å². The number of nitrogens with one attached hydrogen (secondary N) is 2. The second-order valence-electron chi connectivity index (χ2n) is 6.58. The van der Waals surface area contributed by atoms with Gasteiger partial charge in [-0.1, -0.05) is 12.8 Å². The van der Waals surface area contributed by atoms with E-state index in [1.807, 2.05) is 6.92 Å². The summed E-state index contributed by atoms with van der Waals surface area (Å²) in [6.45, 7) is 2.03. The van der Waals surface area contributed by atoms with E-state index >= 15 is 0 Å². The number of carbonyl (C=O) groups is 1. The molecule has 2 N–H and O–H groups in total. The van der Waals surface area contributed by atoms with E-state index in [1.54, 1.807) is 0 Å². The Morgan fingerprint density at radius 2 is 1.56 bits per heavy atom. The van der Waals surface area contributed by atoms with Crippen LogP contribution in [-0.4, -0.2) is 24.0 Å². The maximum atomic E-state index is 12.1. The van der Waals surface area contributed by atoms with Gasteiger partial charge in [-0.25, -0.2) is 0 Å². The van der Waals surface area contributed by atoms with Gasteiger partial charge < -0.3 is 10.6 Å². The Bertz CT molecular complexity index is 292. The van der Waals surface area contributed by atoms with Crippen molar-refractivity contribution >= 4 is 5.91 Å². The third-order valence-electron chi connectivity index (χ3n) is 4.80. The Kier molecular flexibility index (Phi) is 3.60. The van der Waals surface area contributed by atoms with Crippen LogP contribution in [0.3, 0.4) is 0 Å². The average Bonchev–Trinajstić information content (AvgIpc) is 3.27. The van der Waals surface area contributed by atoms with E-state index in [4.69, 9.17) is 0 Å². The van der Waals surface area contributed by atoms with Gasteiger partial charge in [0.2, 0.25) is 5.91 Å². The zero-order chi connectivity index (χ0) is 12.5. The van der Waals surface area contributed by atoms with Gasteiger partial charge in [0.05, 0.1) is 6.04 Å². The quantitative estimate of drug-likeness (QED) is 0.759. The summed E-state index contributed by atoms with van der Waals surface area (Å²) in [5.74, 6) is 1.94. The smallest absolute Gasteiger partial charge is 0.237 e. The predicted molar refractivity (Wildman–Crippen MR) is 72.2 cm³/mol. The van der Waals surface area contributed by atoms with E-state index in [0.29, 0.717) is 12.1 Å². The maximum absolute atomic E-state index is 12.1. The Labute approximate surface area is 110 Å². The van der Waals surface area contributed by atoms with Crippen molar-refractivity contribution in [1.82, 2.24) is 10.6 Å². The summed E-state index contributed by atoms with van der Waals surface area (Å²) < 4.78 is 0. The van der Waals surface area contributed by atoms with Crippen LogP contribution in [0.5, 0.6) is 0 Å². The van der Waals surface area contributed by atoms with Crippen LogP contribution in [0.1, 0.15) is 58.3 Å². The van der Waals surface area contributed by atoms with Crippen molar-refractivity contribution in [3.63, 3.8) is 0 Å². The van der Waals surface area contributed by atoms with Gasteiger partial charge in [0, 0.05) is 12.1 Å². The first kappa shape index (κ1) is 12.5. The molecule has 102 valence electrons. The largest absolute Gasteiger partial charge is 0.352 e. The highest BCUT2D eigenvalue weighted by Crippen LogP contribution is 2.44. The summed E-state index contributed by atoms with van der Waals surface area (Å²) in [5.41, 5.74) is 0. The van der Waals surface area contributed by atoms with Crippen molar-refractivity contribution in [2.75, 3.05) is 0 Å². The Morgan fingerprint density at radius 3 is 2.06 bits per heavy atom. The molecular formula is C15H26N2O. The molecule has 1 atom stereocenters. The molecule has 1 unspecified atom stereocenters. The highest BCUT2D eigenvalue weighted by Gasteiger charge is 2.42. The predicted octanol–water partition coefficient (Wildman–Crippen LogP) is 2.21. The SMILES string of the molecule is CC(NC(C1CC1)C1CC1)C(=O)NC1CCCC1. The maximum Gasteiger partial charge on any atom is 0.237 e. The van der Waals surface area contributed by atoms with Crippen LogP contribution in [0.25, 0.3) is 0 Å². The molecule has 3 heteroatoms. The lowest BCUT2D eigenvalue weighted by molar-refractivity contribution is -0.123. The molecule has 0 aromatic rings. The van der Waals surface area contributed by atoms with Crippen molar-refractivity contribution < 1.29 is 4.79 Å². The van der Waals surface area contributed by atoms with E-state index < -0.39 is 0 Å². The fourth-order valence-electron chi connectivity index (χ4n) is 3.33. The summed E-state index contributed by atoms with van der Waals surface area (Å²) in [5, 5.41) is 6.80. The molecule has 0 bridgehead atoms. The lowest BCUT2D eigenvalue weighted by atomic mass is 10.1. The van der Waals surface area contributed by atoms with Crippen LogP contribution >= 0.6 is 0 Å². The van der Waals surface area contributed by atoms with Crippen LogP contribution in [0, 0.1) is 11.8 Å². The molecule has 0 saturated heterocycles. The van der Waals surface area contributed by atoms with E-state index in [0.717, 1.165) is 11.8 Å². The summed E-state index contributed by atoms with van der Waals surface area (Å²) in [6, 6.07) is 1.05. The van der Waals surface area contributed by atoms with Crippen LogP contribution in [0.2, 0.25) is 0 Å². The van der Waals surface area contributed by atoms with Crippen LogP contribution in [-0.2, 0) is 4.79 Å². The molecule has 0 spiro atoms. The molecule has 3 aliphatic rings. The second-order valence-corrected chi connectivity index (χ2v) is 6.58. The molecule has 3 aliphatic carbocycles. The molecule has 3 nitrogen and oxygen atoms in total. The van der Waals surface area contributed by atoms with Crippen molar-refractivity contribution in [2.45, 2.75) is 76.4 Å². The van der Waals surface area contributed by atoms with Crippen LogP contribution in [0.15, 0.2) is 0 Å². The summed E-state index contributed by atoms with van der Waals surface area (Å²) in [4.78, 5) is 12.1. The number of rotatable bonds is 6. The Hall–Kier alpha value is -0.570. The third-order valence-corrected chi connectivity index (χ3v) is 4.80. The standard InChI is InChI=1S/C15H26N2O/c1-10(15(18)17-13-4-2-3-5-13)16-14(11-6-7-11)12-8-9-12/h10-14,16H,2-9H2,1H3,(H,17,18). The highest BCUT2D eigenvalue weighted by atomic mass is 16.2. The minimum Gasteiger partial charge on any atom is -0.352 e. The zero-order valence-electron chi connectivity index (χ0n) is 11.5. The van der Waals surface area contributed by atoms with Gasteiger partial charge in [0.15, 0.2) is 0 Å². The van der Waals surface area contributed by atoms with Gasteiger partial charge in [-0.05, 0) is 57.3 Å². The molecule has 0 aliphatic heterocycles. The first-order valence-corrected chi connectivity index (χ1v) is 7.80. The fraction of sp³-hybridized carbons (Fsp3) is 0.933. The molecule has 18 heavy (non-hydrogen) atoms. The third kappa shape index (κ3) is 3.05. The minimum absolute atomic E-state index is 0.0169. The Balaban J connectivity index is 1.46. The zero-order valence-corrected chi connectivity index (χ0v) is 11.5. The average molecular weight is 250 g/mol. The van der Waals surface area contributed by atoms with Gasteiger partial charge in [-0.15, -0.1) is 0 Å². The monoisotopic (exact) mass is 250 g/mol. The number of amides is 1. The molecule has 0 radical (unpaired) electrons. The lowest BCUT2D eigenvalue weighted by Crippen LogP contribution is -2.50. The van der Waals surface area contributed by atoms with E-state index in [1.165, 1.54) is 51.4 Å². The molecule has 3 rings (SSSR count). The number of hydrogen-bond donors (Lipinski definition) is 2. The van der Waals surface area contributed by atoms with Crippen molar-refractivity contribution in [2.24, 2.45) is 11.8 Å². The topological polar surface area (TPSA) is 41.1 Å². The van der Waals surface area contributed by atoms with Crippen LogP contribution < -0.4 is 10.6 Å². The highest BCUT2D eigenvalue weighted by molar-refractivity contribution is 5.81. The normalized spacial score (nSPS) is 26.6. The lowest BCUT2D eigenvalue weighted by Gasteiger charge is -2.24. The van der Waals surface area contributed by atoms with Gasteiger partial charge in [-0.3, -0.25) is 4.79 Å². The molecule has 0 aromatic carbocycles. The van der Waals surface area contributed by atoms with Crippen LogP contribution in [0.4, 0.5) is 0 Å². The molecule has 0 aromatic heterocycles. The second kappa shape index (κ2) is 5.20. The van der Waals surface area contributed by atoms with Gasteiger partial charge in [0.25, 0.3) is 0 Å². The van der Waals surface area contributed by atoms with E-state index in [-0.39, 0.29) is 11.9 Å². The first-order valence-electron chi connectivity index (χ1n) is 7.80. The number of carbonyl (C=O) groups excluding carboxylic acids is 1. The van der Waals surface area contributed by atoms with E-state index in [9.17, 15) is 4.79 Å². The Morgan fingerprint density at radius 1 is 1.00 bits per heavy atom. The summed E-state index contributed by atoms with van der Waals surface area (Å²) >= 11 is 0. The first-order chi connectivity index (χ1) is 8.74. The summed E-state index contributed by atoms with van der Waals surface area (Å²) in [7, 11) is 0. The molecule has 3 saturated carbocycles. The van der Waals surface area contributed by atoms with Gasteiger partial charge in [0.1, 0.15) is 0 Å². The molecule has 1 amide bonds.